The van der Waals surface area contributed by atoms with Gasteiger partial charge in [0, 0.05) is 26.1 Å². The normalized spacial score (nSPS) is 10.4. The third kappa shape index (κ3) is 4.88. The standard InChI is InChI=1S/C15H23NO2/c1-3-16(10-5-11-17)15(18)9-8-14-7-4-6-13(2)12-14/h4,6-7,12,17H,3,5,8-11H2,1-2H3. The minimum atomic E-state index is 0.141. The molecule has 3 heteroatoms. The maximum atomic E-state index is 12.0. The van der Waals surface area contributed by atoms with Crippen LogP contribution in [0.5, 0.6) is 0 Å². The van der Waals surface area contributed by atoms with E-state index in [4.69, 9.17) is 5.11 Å². The van der Waals surface area contributed by atoms with E-state index in [-0.39, 0.29) is 12.5 Å². The lowest BCUT2D eigenvalue weighted by atomic mass is 10.1. The largest absolute Gasteiger partial charge is 0.396 e. The highest BCUT2D eigenvalue weighted by Gasteiger charge is 2.10. The fourth-order valence-electron chi connectivity index (χ4n) is 2.00. The third-order valence-corrected chi connectivity index (χ3v) is 3.03. The molecule has 0 aliphatic carbocycles. The molecule has 0 atom stereocenters. The van der Waals surface area contributed by atoms with E-state index in [0.29, 0.717) is 25.9 Å². The number of benzene rings is 1. The summed E-state index contributed by atoms with van der Waals surface area (Å²) >= 11 is 0. The molecule has 0 saturated heterocycles. The molecule has 0 bridgehead atoms. The number of carbonyl (C=O) groups excluding carboxylic acids is 1. The number of hydrogen-bond donors (Lipinski definition) is 1. The SMILES string of the molecule is CCN(CCCO)C(=O)CCc1cccc(C)c1. The van der Waals surface area contributed by atoms with E-state index in [2.05, 4.69) is 25.1 Å². The maximum absolute atomic E-state index is 12.0. The molecule has 3 nitrogen and oxygen atoms in total. The molecule has 1 aromatic carbocycles. The third-order valence-electron chi connectivity index (χ3n) is 3.03. The lowest BCUT2D eigenvalue weighted by Crippen LogP contribution is -2.32. The van der Waals surface area contributed by atoms with E-state index >= 15 is 0 Å². The summed E-state index contributed by atoms with van der Waals surface area (Å²) in [5.74, 6) is 0.174. The smallest absolute Gasteiger partial charge is 0.222 e. The number of hydrogen-bond acceptors (Lipinski definition) is 2. The van der Waals surface area contributed by atoms with Gasteiger partial charge in [0.05, 0.1) is 0 Å². The van der Waals surface area contributed by atoms with Gasteiger partial charge in [0.15, 0.2) is 0 Å². The van der Waals surface area contributed by atoms with Crippen LogP contribution in [-0.4, -0.2) is 35.6 Å². The van der Waals surface area contributed by atoms with Gasteiger partial charge in [-0.3, -0.25) is 4.79 Å². The van der Waals surface area contributed by atoms with Gasteiger partial charge in [0.25, 0.3) is 0 Å². The Morgan fingerprint density at radius 1 is 1.39 bits per heavy atom. The van der Waals surface area contributed by atoms with Crippen molar-refractivity contribution in [1.82, 2.24) is 4.90 Å². The summed E-state index contributed by atoms with van der Waals surface area (Å²) in [5.41, 5.74) is 2.44. The average Bonchev–Trinajstić information content (AvgIpc) is 2.37. The average molecular weight is 249 g/mol. The highest BCUT2D eigenvalue weighted by Crippen LogP contribution is 2.08. The summed E-state index contributed by atoms with van der Waals surface area (Å²) in [6, 6.07) is 8.27. The van der Waals surface area contributed by atoms with E-state index in [1.54, 1.807) is 0 Å². The zero-order valence-corrected chi connectivity index (χ0v) is 11.4. The molecule has 0 aliphatic rings. The van der Waals surface area contributed by atoms with Crippen molar-refractivity contribution in [3.05, 3.63) is 35.4 Å². The molecule has 1 N–H and O–H groups in total. The molecule has 18 heavy (non-hydrogen) atoms. The first-order valence-electron chi connectivity index (χ1n) is 6.61. The van der Waals surface area contributed by atoms with E-state index < -0.39 is 0 Å². The quantitative estimate of drug-likeness (QED) is 0.804. The first kappa shape index (κ1) is 14.7. The highest BCUT2D eigenvalue weighted by atomic mass is 16.3. The zero-order chi connectivity index (χ0) is 13.4. The molecular formula is C15H23NO2. The Hall–Kier alpha value is -1.35. The van der Waals surface area contributed by atoms with Gasteiger partial charge in [-0.2, -0.15) is 0 Å². The predicted octanol–water partition coefficient (Wildman–Crippen LogP) is 2.16. The van der Waals surface area contributed by atoms with Crippen LogP contribution >= 0.6 is 0 Å². The Kier molecular flexibility index (Phi) is 6.44. The molecule has 0 saturated carbocycles. The van der Waals surface area contributed by atoms with Gasteiger partial charge < -0.3 is 10.0 Å². The molecule has 1 amide bonds. The second-order valence-electron chi connectivity index (χ2n) is 4.54. The second-order valence-corrected chi connectivity index (χ2v) is 4.54. The maximum Gasteiger partial charge on any atom is 0.222 e. The first-order chi connectivity index (χ1) is 8.67. The topological polar surface area (TPSA) is 40.5 Å². The van der Waals surface area contributed by atoms with Crippen LogP contribution in [-0.2, 0) is 11.2 Å². The lowest BCUT2D eigenvalue weighted by molar-refractivity contribution is -0.131. The van der Waals surface area contributed by atoms with Crippen molar-refractivity contribution < 1.29 is 9.90 Å². The lowest BCUT2D eigenvalue weighted by Gasteiger charge is -2.20. The molecule has 0 unspecified atom stereocenters. The summed E-state index contributed by atoms with van der Waals surface area (Å²) in [5, 5.41) is 8.79. The number of aliphatic hydroxyl groups excluding tert-OH is 1. The van der Waals surface area contributed by atoms with Gasteiger partial charge in [0.2, 0.25) is 5.91 Å². The number of carbonyl (C=O) groups is 1. The van der Waals surface area contributed by atoms with Crippen LogP contribution in [0.2, 0.25) is 0 Å². The second kappa shape index (κ2) is 7.88. The van der Waals surface area contributed by atoms with Crippen LogP contribution in [0.25, 0.3) is 0 Å². The summed E-state index contributed by atoms with van der Waals surface area (Å²) < 4.78 is 0. The Labute approximate surface area is 109 Å². The van der Waals surface area contributed by atoms with Gasteiger partial charge in [0.1, 0.15) is 0 Å². The number of aliphatic hydroxyl groups is 1. The minimum Gasteiger partial charge on any atom is -0.396 e. The van der Waals surface area contributed by atoms with Crippen molar-refractivity contribution in [2.24, 2.45) is 0 Å². The summed E-state index contributed by atoms with van der Waals surface area (Å²) in [4.78, 5) is 13.8. The molecule has 0 radical (unpaired) electrons. The number of aryl methyl sites for hydroxylation is 2. The van der Waals surface area contributed by atoms with Crippen molar-refractivity contribution in [3.8, 4) is 0 Å². The van der Waals surface area contributed by atoms with Gasteiger partial charge in [-0.05, 0) is 32.3 Å². The van der Waals surface area contributed by atoms with Crippen molar-refractivity contribution in [1.29, 1.82) is 0 Å². The molecule has 0 fully saturated rings. The Morgan fingerprint density at radius 2 is 2.17 bits per heavy atom. The zero-order valence-electron chi connectivity index (χ0n) is 11.4. The summed E-state index contributed by atoms with van der Waals surface area (Å²) in [6.07, 6.45) is 1.99. The Bertz CT molecular complexity index is 377. The van der Waals surface area contributed by atoms with Crippen molar-refractivity contribution in [3.63, 3.8) is 0 Å². The Balaban J connectivity index is 2.44. The summed E-state index contributed by atoms with van der Waals surface area (Å²) in [6.45, 7) is 5.54. The first-order valence-corrected chi connectivity index (χ1v) is 6.61. The predicted molar refractivity (Wildman–Crippen MR) is 73.5 cm³/mol. The van der Waals surface area contributed by atoms with Crippen LogP contribution in [0, 0.1) is 6.92 Å². The van der Waals surface area contributed by atoms with Crippen LogP contribution in [0.1, 0.15) is 30.9 Å². The van der Waals surface area contributed by atoms with Crippen LogP contribution in [0.4, 0.5) is 0 Å². The summed E-state index contributed by atoms with van der Waals surface area (Å²) in [7, 11) is 0. The van der Waals surface area contributed by atoms with Crippen LogP contribution in [0.15, 0.2) is 24.3 Å². The van der Waals surface area contributed by atoms with E-state index in [9.17, 15) is 4.79 Å². The molecule has 1 aromatic rings. The van der Waals surface area contributed by atoms with Crippen LogP contribution in [0.3, 0.4) is 0 Å². The molecule has 0 aliphatic heterocycles. The van der Waals surface area contributed by atoms with Gasteiger partial charge in [-0.25, -0.2) is 0 Å². The van der Waals surface area contributed by atoms with Crippen molar-refractivity contribution in [2.75, 3.05) is 19.7 Å². The van der Waals surface area contributed by atoms with Crippen LogP contribution < -0.4 is 0 Å². The van der Waals surface area contributed by atoms with Gasteiger partial charge in [-0.1, -0.05) is 29.8 Å². The van der Waals surface area contributed by atoms with E-state index in [1.165, 1.54) is 11.1 Å². The van der Waals surface area contributed by atoms with Crippen molar-refractivity contribution in [2.45, 2.75) is 33.1 Å². The van der Waals surface area contributed by atoms with E-state index in [0.717, 1.165) is 6.42 Å². The molecule has 100 valence electrons. The monoisotopic (exact) mass is 249 g/mol. The fourth-order valence-corrected chi connectivity index (χ4v) is 2.00. The molecule has 1 rings (SSSR count). The number of nitrogens with zero attached hydrogens (tertiary/aromatic N) is 1. The minimum absolute atomic E-state index is 0.141. The van der Waals surface area contributed by atoms with Gasteiger partial charge in [-0.15, -0.1) is 0 Å². The van der Waals surface area contributed by atoms with E-state index in [1.807, 2.05) is 17.9 Å². The number of rotatable bonds is 7. The molecule has 0 heterocycles. The molecular weight excluding hydrogens is 226 g/mol. The Morgan fingerprint density at radius 3 is 2.78 bits per heavy atom. The van der Waals surface area contributed by atoms with Gasteiger partial charge >= 0.3 is 0 Å². The highest BCUT2D eigenvalue weighted by molar-refractivity contribution is 5.76. The molecule has 0 aromatic heterocycles. The van der Waals surface area contributed by atoms with Crippen molar-refractivity contribution >= 4 is 5.91 Å². The number of amides is 1. The molecule has 0 spiro atoms. The fraction of sp³-hybridized carbons (Fsp3) is 0.533.